The molecule has 1 N–H and O–H groups in total. The molecule has 2 heterocycles. The van der Waals surface area contributed by atoms with Crippen molar-refractivity contribution in [1.82, 2.24) is 19.7 Å². The number of hydrogen-bond acceptors (Lipinski definition) is 4. The van der Waals surface area contributed by atoms with Gasteiger partial charge in [-0.2, -0.15) is 5.10 Å². The van der Waals surface area contributed by atoms with Gasteiger partial charge in [0.2, 0.25) is 0 Å². The lowest BCUT2D eigenvalue weighted by atomic mass is 10.2. The van der Waals surface area contributed by atoms with Crippen LogP contribution in [-0.4, -0.2) is 44.0 Å². The summed E-state index contributed by atoms with van der Waals surface area (Å²) in [6, 6.07) is 0. The van der Waals surface area contributed by atoms with Crippen molar-refractivity contribution in [2.45, 2.75) is 26.1 Å². The summed E-state index contributed by atoms with van der Waals surface area (Å²) < 4.78 is 1.88. The summed E-state index contributed by atoms with van der Waals surface area (Å²) in [6.07, 6.45) is 1.44. The Morgan fingerprint density at radius 1 is 1.62 bits per heavy atom. The van der Waals surface area contributed by atoms with Crippen molar-refractivity contribution >= 4 is 0 Å². The number of rotatable bonds is 3. The first-order valence-corrected chi connectivity index (χ1v) is 4.56. The third-order valence-electron chi connectivity index (χ3n) is 2.30. The first-order chi connectivity index (χ1) is 6.29. The second-order valence-electron chi connectivity index (χ2n) is 3.34. The van der Waals surface area contributed by atoms with Crippen LogP contribution < -0.4 is 0 Å². The first kappa shape index (κ1) is 8.65. The van der Waals surface area contributed by atoms with E-state index in [-0.39, 0.29) is 6.10 Å². The van der Waals surface area contributed by atoms with Crippen LogP contribution in [0.15, 0.2) is 6.33 Å². The molecule has 1 aromatic rings. The highest BCUT2D eigenvalue weighted by Crippen LogP contribution is 2.10. The van der Waals surface area contributed by atoms with Crippen LogP contribution in [0.5, 0.6) is 0 Å². The summed E-state index contributed by atoms with van der Waals surface area (Å²) in [5.74, 6) is 0.981. The highest BCUT2D eigenvalue weighted by atomic mass is 16.3. The van der Waals surface area contributed by atoms with Crippen LogP contribution in [0.4, 0.5) is 0 Å². The molecule has 5 heteroatoms. The number of aliphatic hydroxyl groups excluding tert-OH is 1. The van der Waals surface area contributed by atoms with Gasteiger partial charge in [0.05, 0.1) is 12.6 Å². The van der Waals surface area contributed by atoms with E-state index in [0.29, 0.717) is 0 Å². The molecule has 5 nitrogen and oxygen atoms in total. The summed E-state index contributed by atoms with van der Waals surface area (Å²) in [6.45, 7) is 5.22. The van der Waals surface area contributed by atoms with Crippen LogP contribution in [0.3, 0.4) is 0 Å². The molecule has 0 saturated carbocycles. The van der Waals surface area contributed by atoms with Crippen LogP contribution in [-0.2, 0) is 13.1 Å². The molecule has 0 bridgehead atoms. The molecule has 2 rings (SSSR count). The topological polar surface area (TPSA) is 54.2 Å². The maximum absolute atomic E-state index is 9.09. The largest absolute Gasteiger partial charge is 0.390 e. The van der Waals surface area contributed by atoms with Gasteiger partial charge in [0, 0.05) is 19.6 Å². The van der Waals surface area contributed by atoms with Gasteiger partial charge in [-0.3, -0.25) is 4.90 Å². The van der Waals surface area contributed by atoms with Crippen LogP contribution in [0, 0.1) is 0 Å². The fourth-order valence-electron chi connectivity index (χ4n) is 1.55. The standard InChI is InChI=1S/C8H14N4O/c1-2-12-8(9-6-10-12)5-11-3-7(13)4-11/h6-7,13H,2-5H2,1H3. The second kappa shape index (κ2) is 3.43. The fraction of sp³-hybridized carbons (Fsp3) is 0.750. The highest BCUT2D eigenvalue weighted by molar-refractivity contribution is 4.89. The quantitative estimate of drug-likeness (QED) is 0.683. The molecule has 0 radical (unpaired) electrons. The molecule has 1 aliphatic heterocycles. The molecule has 1 aromatic heterocycles. The van der Waals surface area contributed by atoms with Gasteiger partial charge in [0.15, 0.2) is 0 Å². The summed E-state index contributed by atoms with van der Waals surface area (Å²) in [5.41, 5.74) is 0. The molecule has 13 heavy (non-hydrogen) atoms. The summed E-state index contributed by atoms with van der Waals surface area (Å²) in [7, 11) is 0. The van der Waals surface area contributed by atoms with Crippen molar-refractivity contribution in [3.63, 3.8) is 0 Å². The minimum atomic E-state index is -0.141. The van der Waals surface area contributed by atoms with Gasteiger partial charge < -0.3 is 5.11 Å². The summed E-state index contributed by atoms with van der Waals surface area (Å²) in [4.78, 5) is 6.32. The number of β-amino-alcohol motifs (C(OH)–C–C–N with tert-alkyl or cyclic N) is 1. The third kappa shape index (κ3) is 1.71. The Morgan fingerprint density at radius 3 is 3.00 bits per heavy atom. The Balaban J connectivity index is 1.94. The van der Waals surface area contributed by atoms with E-state index in [2.05, 4.69) is 15.0 Å². The van der Waals surface area contributed by atoms with E-state index in [4.69, 9.17) is 5.11 Å². The van der Waals surface area contributed by atoms with Gasteiger partial charge in [-0.15, -0.1) is 0 Å². The molecule has 1 fully saturated rings. The van der Waals surface area contributed by atoms with Crippen LogP contribution in [0.1, 0.15) is 12.7 Å². The van der Waals surface area contributed by atoms with Crippen LogP contribution in [0.25, 0.3) is 0 Å². The maximum atomic E-state index is 9.09. The predicted molar refractivity (Wildman–Crippen MR) is 47.0 cm³/mol. The van der Waals surface area contributed by atoms with Gasteiger partial charge in [-0.25, -0.2) is 9.67 Å². The maximum Gasteiger partial charge on any atom is 0.140 e. The predicted octanol–water partition coefficient (Wildman–Crippen LogP) is -0.526. The third-order valence-corrected chi connectivity index (χ3v) is 2.30. The molecular weight excluding hydrogens is 168 g/mol. The number of aliphatic hydroxyl groups is 1. The van der Waals surface area contributed by atoms with E-state index in [1.165, 1.54) is 0 Å². The Morgan fingerprint density at radius 2 is 2.38 bits per heavy atom. The van der Waals surface area contributed by atoms with Crippen molar-refractivity contribution in [2.75, 3.05) is 13.1 Å². The first-order valence-electron chi connectivity index (χ1n) is 4.56. The van der Waals surface area contributed by atoms with Gasteiger partial charge in [-0.05, 0) is 6.92 Å². The number of likely N-dealkylation sites (tertiary alicyclic amines) is 1. The molecule has 1 aliphatic rings. The zero-order chi connectivity index (χ0) is 9.26. The number of nitrogens with zero attached hydrogens (tertiary/aromatic N) is 4. The van der Waals surface area contributed by atoms with Crippen LogP contribution >= 0.6 is 0 Å². The molecule has 0 amide bonds. The van der Waals surface area contributed by atoms with E-state index < -0.39 is 0 Å². The lowest BCUT2D eigenvalue weighted by Crippen LogP contribution is -2.50. The lowest BCUT2D eigenvalue weighted by Gasteiger charge is -2.35. The molecule has 0 unspecified atom stereocenters. The van der Waals surface area contributed by atoms with Gasteiger partial charge in [0.25, 0.3) is 0 Å². The Bertz CT molecular complexity index is 279. The summed E-state index contributed by atoms with van der Waals surface area (Å²) >= 11 is 0. The Kier molecular flexibility index (Phi) is 2.28. The molecule has 0 atom stereocenters. The van der Waals surface area contributed by atoms with Crippen molar-refractivity contribution in [2.24, 2.45) is 0 Å². The van der Waals surface area contributed by atoms with E-state index in [1.807, 2.05) is 11.6 Å². The highest BCUT2D eigenvalue weighted by Gasteiger charge is 2.25. The fourth-order valence-corrected chi connectivity index (χ4v) is 1.55. The smallest absolute Gasteiger partial charge is 0.140 e. The number of aryl methyl sites for hydroxylation is 1. The molecular formula is C8H14N4O. The molecule has 1 saturated heterocycles. The minimum Gasteiger partial charge on any atom is -0.390 e. The van der Waals surface area contributed by atoms with E-state index >= 15 is 0 Å². The normalized spacial score (nSPS) is 18.9. The number of hydrogen-bond donors (Lipinski definition) is 1. The SMILES string of the molecule is CCn1ncnc1CN1CC(O)C1. The zero-order valence-corrected chi connectivity index (χ0v) is 7.72. The molecule has 0 aliphatic carbocycles. The Hall–Kier alpha value is -0.940. The van der Waals surface area contributed by atoms with E-state index in [0.717, 1.165) is 32.0 Å². The summed E-state index contributed by atoms with van der Waals surface area (Å²) in [5, 5.41) is 13.2. The zero-order valence-electron chi connectivity index (χ0n) is 7.72. The Labute approximate surface area is 77.0 Å². The van der Waals surface area contributed by atoms with Gasteiger partial charge in [0.1, 0.15) is 12.2 Å². The van der Waals surface area contributed by atoms with Gasteiger partial charge >= 0.3 is 0 Å². The lowest BCUT2D eigenvalue weighted by molar-refractivity contribution is -0.00497. The second-order valence-corrected chi connectivity index (χ2v) is 3.34. The number of aromatic nitrogens is 3. The molecule has 0 aromatic carbocycles. The van der Waals surface area contributed by atoms with E-state index in [9.17, 15) is 0 Å². The van der Waals surface area contributed by atoms with Crippen molar-refractivity contribution in [3.05, 3.63) is 12.2 Å². The van der Waals surface area contributed by atoms with Crippen molar-refractivity contribution in [3.8, 4) is 0 Å². The van der Waals surface area contributed by atoms with Crippen LogP contribution in [0.2, 0.25) is 0 Å². The average Bonchev–Trinajstić information content (AvgIpc) is 2.49. The molecule has 72 valence electrons. The molecule has 0 spiro atoms. The van der Waals surface area contributed by atoms with E-state index in [1.54, 1.807) is 6.33 Å². The minimum absolute atomic E-state index is 0.141. The average molecular weight is 182 g/mol. The monoisotopic (exact) mass is 182 g/mol. The van der Waals surface area contributed by atoms with Crippen molar-refractivity contribution < 1.29 is 5.11 Å². The van der Waals surface area contributed by atoms with Gasteiger partial charge in [-0.1, -0.05) is 0 Å². The van der Waals surface area contributed by atoms with Crippen molar-refractivity contribution in [1.29, 1.82) is 0 Å².